The van der Waals surface area contributed by atoms with E-state index in [1.54, 1.807) is 0 Å². The lowest BCUT2D eigenvalue weighted by Gasteiger charge is -2.23. The van der Waals surface area contributed by atoms with Crippen molar-refractivity contribution in [1.82, 2.24) is 0 Å². The summed E-state index contributed by atoms with van der Waals surface area (Å²) in [5.74, 6) is 1.02. The minimum Gasteiger partial charge on any atom is -0.0683 e. The van der Waals surface area contributed by atoms with Crippen molar-refractivity contribution in [1.29, 1.82) is 0 Å². The predicted molar refractivity (Wildman–Crippen MR) is 98.4 cm³/mol. The zero-order valence-electron chi connectivity index (χ0n) is 14.1. The molecule has 0 saturated carbocycles. The molecule has 0 aliphatic rings. The van der Waals surface area contributed by atoms with E-state index in [2.05, 4.69) is 86.6 Å². The lowest BCUT2D eigenvalue weighted by atomic mass is 9.80. The Kier molecular flexibility index (Phi) is 5.77. The summed E-state index contributed by atoms with van der Waals surface area (Å²) in [5, 5.41) is 2.70. The van der Waals surface area contributed by atoms with Crippen LogP contribution in [0.15, 0.2) is 72.8 Å². The van der Waals surface area contributed by atoms with Crippen LogP contribution in [0.25, 0.3) is 10.8 Å². The standard InChI is InChI=1S/C20H20.C2H6/c1-15(2)20(17-10-4-3-5-11-17)19-14-8-12-16-9-6-7-13-18(16)19;1-2/h3-15,20H,1-2H3;1-2H3. The molecule has 3 aromatic rings. The minimum atomic E-state index is 0.447. The van der Waals surface area contributed by atoms with Gasteiger partial charge in [0.05, 0.1) is 0 Å². The molecule has 0 fully saturated rings. The van der Waals surface area contributed by atoms with Gasteiger partial charge in [-0.3, -0.25) is 0 Å². The Balaban J connectivity index is 0.000000847. The van der Waals surface area contributed by atoms with Gasteiger partial charge in [0, 0.05) is 5.92 Å². The third-order valence-electron chi connectivity index (χ3n) is 3.98. The first-order chi connectivity index (χ1) is 10.8. The Labute approximate surface area is 134 Å². The molecule has 0 heterocycles. The van der Waals surface area contributed by atoms with Gasteiger partial charge in [-0.2, -0.15) is 0 Å². The van der Waals surface area contributed by atoms with Gasteiger partial charge in [0.15, 0.2) is 0 Å². The summed E-state index contributed by atoms with van der Waals surface area (Å²) in [6.07, 6.45) is 0. The molecule has 22 heavy (non-hydrogen) atoms. The molecule has 0 spiro atoms. The summed E-state index contributed by atoms with van der Waals surface area (Å²) in [6.45, 7) is 8.61. The molecular weight excluding hydrogens is 264 g/mol. The molecule has 0 N–H and O–H groups in total. The highest BCUT2D eigenvalue weighted by Crippen LogP contribution is 2.35. The van der Waals surface area contributed by atoms with Gasteiger partial charge in [-0.05, 0) is 27.8 Å². The highest BCUT2D eigenvalue weighted by atomic mass is 14.2. The maximum absolute atomic E-state index is 2.30. The van der Waals surface area contributed by atoms with Crippen LogP contribution in [-0.4, -0.2) is 0 Å². The second-order valence-electron chi connectivity index (χ2n) is 5.70. The van der Waals surface area contributed by atoms with E-state index in [1.807, 2.05) is 13.8 Å². The Morgan fingerprint density at radius 3 is 1.91 bits per heavy atom. The average molecular weight is 290 g/mol. The Morgan fingerprint density at radius 2 is 1.23 bits per heavy atom. The summed E-state index contributed by atoms with van der Waals surface area (Å²) >= 11 is 0. The van der Waals surface area contributed by atoms with E-state index in [4.69, 9.17) is 0 Å². The molecule has 3 rings (SSSR count). The van der Waals surface area contributed by atoms with E-state index >= 15 is 0 Å². The summed E-state index contributed by atoms with van der Waals surface area (Å²) < 4.78 is 0. The van der Waals surface area contributed by atoms with Crippen molar-refractivity contribution < 1.29 is 0 Å². The van der Waals surface area contributed by atoms with E-state index in [1.165, 1.54) is 21.9 Å². The topological polar surface area (TPSA) is 0 Å². The molecular formula is C22H26. The fourth-order valence-corrected chi connectivity index (χ4v) is 3.11. The summed E-state index contributed by atoms with van der Waals surface area (Å²) in [4.78, 5) is 0. The lowest BCUT2D eigenvalue weighted by molar-refractivity contribution is 0.567. The first-order valence-electron chi connectivity index (χ1n) is 8.30. The van der Waals surface area contributed by atoms with Crippen molar-refractivity contribution in [3.05, 3.63) is 83.9 Å². The Morgan fingerprint density at radius 1 is 0.636 bits per heavy atom. The number of hydrogen-bond acceptors (Lipinski definition) is 0. The number of fused-ring (bicyclic) bond motifs is 1. The minimum absolute atomic E-state index is 0.447. The first-order valence-corrected chi connectivity index (χ1v) is 8.30. The molecule has 0 radical (unpaired) electrons. The van der Waals surface area contributed by atoms with E-state index in [-0.39, 0.29) is 0 Å². The van der Waals surface area contributed by atoms with Crippen LogP contribution in [0.3, 0.4) is 0 Å². The van der Waals surface area contributed by atoms with Crippen molar-refractivity contribution in [2.45, 2.75) is 33.6 Å². The van der Waals surface area contributed by atoms with Crippen molar-refractivity contribution in [3.63, 3.8) is 0 Å². The van der Waals surface area contributed by atoms with Gasteiger partial charge in [0.2, 0.25) is 0 Å². The van der Waals surface area contributed by atoms with Crippen molar-refractivity contribution in [2.75, 3.05) is 0 Å². The number of rotatable bonds is 3. The van der Waals surface area contributed by atoms with Crippen molar-refractivity contribution in [2.24, 2.45) is 5.92 Å². The molecule has 1 atom stereocenters. The fourth-order valence-electron chi connectivity index (χ4n) is 3.11. The maximum atomic E-state index is 2.30. The molecule has 1 unspecified atom stereocenters. The van der Waals surface area contributed by atoms with E-state index < -0.39 is 0 Å². The third kappa shape index (κ3) is 3.39. The van der Waals surface area contributed by atoms with E-state index in [0.717, 1.165) is 0 Å². The molecule has 0 aromatic heterocycles. The van der Waals surface area contributed by atoms with Crippen LogP contribution in [0.5, 0.6) is 0 Å². The molecule has 0 bridgehead atoms. The summed E-state index contributed by atoms with van der Waals surface area (Å²) in [6, 6.07) is 26.2. The quantitative estimate of drug-likeness (QED) is 0.506. The van der Waals surface area contributed by atoms with Crippen LogP contribution < -0.4 is 0 Å². The van der Waals surface area contributed by atoms with Gasteiger partial charge in [-0.15, -0.1) is 0 Å². The molecule has 0 heteroatoms. The van der Waals surface area contributed by atoms with Gasteiger partial charge in [0.1, 0.15) is 0 Å². The van der Waals surface area contributed by atoms with Gasteiger partial charge in [0.25, 0.3) is 0 Å². The predicted octanol–water partition coefficient (Wildman–Crippen LogP) is 6.65. The van der Waals surface area contributed by atoms with Crippen LogP contribution in [0.4, 0.5) is 0 Å². The Hall–Kier alpha value is -2.08. The number of benzene rings is 3. The second kappa shape index (κ2) is 7.79. The Bertz CT molecular complexity index is 690. The van der Waals surface area contributed by atoms with Crippen LogP contribution in [0.2, 0.25) is 0 Å². The number of hydrogen-bond donors (Lipinski definition) is 0. The molecule has 3 aromatic carbocycles. The van der Waals surface area contributed by atoms with Crippen LogP contribution >= 0.6 is 0 Å². The molecule has 0 nitrogen and oxygen atoms in total. The van der Waals surface area contributed by atoms with Crippen LogP contribution in [-0.2, 0) is 0 Å². The van der Waals surface area contributed by atoms with Gasteiger partial charge < -0.3 is 0 Å². The first kappa shape index (κ1) is 16.3. The van der Waals surface area contributed by atoms with Gasteiger partial charge in [-0.1, -0.05) is 100 Å². The SMILES string of the molecule is CC.CC(C)C(c1ccccc1)c1cccc2ccccc12. The molecule has 0 saturated heterocycles. The molecule has 114 valence electrons. The zero-order valence-corrected chi connectivity index (χ0v) is 14.1. The highest BCUT2D eigenvalue weighted by molar-refractivity contribution is 5.86. The average Bonchev–Trinajstić information content (AvgIpc) is 2.58. The second-order valence-corrected chi connectivity index (χ2v) is 5.70. The van der Waals surface area contributed by atoms with Gasteiger partial charge in [-0.25, -0.2) is 0 Å². The molecule has 0 aliphatic carbocycles. The highest BCUT2D eigenvalue weighted by Gasteiger charge is 2.19. The van der Waals surface area contributed by atoms with Crippen molar-refractivity contribution in [3.8, 4) is 0 Å². The largest absolute Gasteiger partial charge is 0.0683 e. The normalized spacial score (nSPS) is 11.9. The molecule has 0 amide bonds. The van der Waals surface area contributed by atoms with E-state index in [9.17, 15) is 0 Å². The van der Waals surface area contributed by atoms with Crippen LogP contribution in [0, 0.1) is 5.92 Å². The smallest absolute Gasteiger partial charge is 0.0118 e. The lowest BCUT2D eigenvalue weighted by Crippen LogP contribution is -2.09. The zero-order chi connectivity index (χ0) is 15.9. The van der Waals surface area contributed by atoms with Gasteiger partial charge >= 0.3 is 0 Å². The monoisotopic (exact) mass is 290 g/mol. The summed E-state index contributed by atoms with van der Waals surface area (Å²) in [5.41, 5.74) is 2.84. The maximum Gasteiger partial charge on any atom is 0.0118 e. The molecule has 0 aliphatic heterocycles. The van der Waals surface area contributed by atoms with E-state index in [0.29, 0.717) is 11.8 Å². The third-order valence-corrected chi connectivity index (χ3v) is 3.98. The van der Waals surface area contributed by atoms with Crippen LogP contribution in [0.1, 0.15) is 44.7 Å². The summed E-state index contributed by atoms with van der Waals surface area (Å²) in [7, 11) is 0. The van der Waals surface area contributed by atoms with Crippen molar-refractivity contribution >= 4 is 10.8 Å². The fraction of sp³-hybridized carbons (Fsp3) is 0.273.